The molecule has 0 saturated heterocycles. The topological polar surface area (TPSA) is 21.3 Å². The Balaban J connectivity index is 2.08. The van der Waals surface area contributed by atoms with Gasteiger partial charge in [-0.3, -0.25) is 0 Å². The van der Waals surface area contributed by atoms with Crippen LogP contribution in [0.5, 0.6) is 0 Å². The van der Waals surface area contributed by atoms with Gasteiger partial charge in [0.15, 0.2) is 0 Å². The molecule has 0 aromatic rings. The summed E-state index contributed by atoms with van der Waals surface area (Å²) >= 11 is 2.06. The fraction of sp³-hybridized carbons (Fsp3) is 1.00. The summed E-state index contributed by atoms with van der Waals surface area (Å²) in [4.78, 5) is 0. The molecule has 1 saturated carbocycles. The average Bonchev–Trinajstić information content (AvgIpc) is 2.35. The Morgan fingerprint density at radius 3 is 2.56 bits per heavy atom. The molecule has 96 valence electrons. The van der Waals surface area contributed by atoms with Gasteiger partial charge in [-0.05, 0) is 25.5 Å². The minimum Gasteiger partial charge on any atom is -0.380 e. The predicted octanol–water partition coefficient (Wildman–Crippen LogP) is 3.07. The number of ether oxygens (including phenoxy) is 1. The van der Waals surface area contributed by atoms with Crippen molar-refractivity contribution >= 4 is 11.8 Å². The second-order valence-electron chi connectivity index (χ2n) is 4.74. The van der Waals surface area contributed by atoms with Gasteiger partial charge in [0.2, 0.25) is 0 Å². The fourth-order valence-electron chi connectivity index (χ4n) is 2.36. The fourth-order valence-corrected chi connectivity index (χ4v) is 3.30. The van der Waals surface area contributed by atoms with Crippen LogP contribution in [0.1, 0.15) is 45.4 Å². The summed E-state index contributed by atoms with van der Waals surface area (Å²) in [5.41, 5.74) is 0. The first-order valence-electron chi connectivity index (χ1n) is 6.66. The molecular weight excluding hydrogens is 218 g/mol. The number of nitrogens with one attached hydrogen (secondary N) is 1. The van der Waals surface area contributed by atoms with Crippen LogP contribution < -0.4 is 5.32 Å². The van der Waals surface area contributed by atoms with Crippen LogP contribution in [0.4, 0.5) is 0 Å². The molecule has 0 aromatic carbocycles. The minimum absolute atomic E-state index is 0.517. The maximum atomic E-state index is 5.47. The second kappa shape index (κ2) is 8.37. The molecule has 0 bridgehead atoms. The highest BCUT2D eigenvalue weighted by molar-refractivity contribution is 8.00. The van der Waals surface area contributed by atoms with Crippen molar-refractivity contribution < 1.29 is 4.74 Å². The first kappa shape index (κ1) is 14.3. The van der Waals surface area contributed by atoms with Crippen molar-refractivity contribution in [1.29, 1.82) is 0 Å². The summed E-state index contributed by atoms with van der Waals surface area (Å²) in [5.74, 6) is 0. The summed E-state index contributed by atoms with van der Waals surface area (Å²) in [5, 5.41) is 3.56. The van der Waals surface area contributed by atoms with Gasteiger partial charge in [0.05, 0.1) is 6.61 Å². The lowest BCUT2D eigenvalue weighted by atomic mass is 9.88. The molecule has 2 nitrogen and oxygen atoms in total. The summed E-state index contributed by atoms with van der Waals surface area (Å²) in [6.07, 6.45) is 10.4. The maximum absolute atomic E-state index is 5.47. The van der Waals surface area contributed by atoms with Gasteiger partial charge in [-0.15, -0.1) is 0 Å². The molecule has 0 spiro atoms. The van der Waals surface area contributed by atoms with E-state index in [4.69, 9.17) is 4.74 Å². The van der Waals surface area contributed by atoms with Crippen LogP contribution in [0, 0.1) is 0 Å². The summed E-state index contributed by atoms with van der Waals surface area (Å²) in [6.45, 7) is 6.07. The van der Waals surface area contributed by atoms with Crippen LogP contribution >= 0.6 is 11.8 Å². The molecular formula is C13H27NOS. The number of thioether (sulfide) groups is 1. The van der Waals surface area contributed by atoms with Crippen LogP contribution in [0.3, 0.4) is 0 Å². The lowest BCUT2D eigenvalue weighted by Gasteiger charge is -2.36. The van der Waals surface area contributed by atoms with Crippen molar-refractivity contribution in [2.24, 2.45) is 0 Å². The van der Waals surface area contributed by atoms with E-state index in [1.807, 2.05) is 0 Å². The van der Waals surface area contributed by atoms with E-state index in [-0.39, 0.29) is 0 Å². The van der Waals surface area contributed by atoms with Crippen LogP contribution in [0.15, 0.2) is 0 Å². The van der Waals surface area contributed by atoms with Crippen LogP contribution in [0.2, 0.25) is 0 Å². The molecule has 0 atom stereocenters. The Kier molecular flexibility index (Phi) is 7.50. The predicted molar refractivity (Wildman–Crippen MR) is 73.3 cm³/mol. The van der Waals surface area contributed by atoms with Crippen molar-refractivity contribution in [2.45, 2.75) is 50.2 Å². The quantitative estimate of drug-likeness (QED) is 0.664. The first-order valence-corrected chi connectivity index (χ1v) is 7.89. The van der Waals surface area contributed by atoms with Crippen molar-refractivity contribution in [2.75, 3.05) is 32.6 Å². The zero-order valence-electron chi connectivity index (χ0n) is 10.9. The van der Waals surface area contributed by atoms with Gasteiger partial charge in [0.1, 0.15) is 0 Å². The lowest BCUT2D eigenvalue weighted by Crippen LogP contribution is -2.40. The molecule has 0 amide bonds. The van der Waals surface area contributed by atoms with E-state index in [0.717, 1.165) is 32.7 Å². The van der Waals surface area contributed by atoms with Crippen molar-refractivity contribution in [3.05, 3.63) is 0 Å². The molecule has 3 heteroatoms. The van der Waals surface area contributed by atoms with Crippen molar-refractivity contribution in [1.82, 2.24) is 5.32 Å². The number of rotatable bonds is 8. The molecule has 0 heterocycles. The lowest BCUT2D eigenvalue weighted by molar-refractivity contribution is 0.135. The molecule has 1 rings (SSSR count). The SMILES string of the molecule is CCCOCCNCC1(SC)CCCCC1. The van der Waals surface area contributed by atoms with Crippen LogP contribution in [0.25, 0.3) is 0 Å². The normalized spacial score (nSPS) is 19.9. The third-order valence-corrected chi connectivity index (χ3v) is 4.84. The van der Waals surface area contributed by atoms with Gasteiger partial charge in [-0.25, -0.2) is 0 Å². The smallest absolute Gasteiger partial charge is 0.0590 e. The van der Waals surface area contributed by atoms with Gasteiger partial charge in [-0.2, -0.15) is 11.8 Å². The average molecular weight is 245 g/mol. The second-order valence-corrected chi connectivity index (χ2v) is 6.01. The molecule has 0 unspecified atom stereocenters. The molecule has 1 aliphatic rings. The highest BCUT2D eigenvalue weighted by Gasteiger charge is 2.30. The minimum atomic E-state index is 0.517. The Morgan fingerprint density at radius 1 is 1.19 bits per heavy atom. The summed E-state index contributed by atoms with van der Waals surface area (Å²) in [6, 6.07) is 0. The largest absolute Gasteiger partial charge is 0.380 e. The van der Waals surface area contributed by atoms with E-state index >= 15 is 0 Å². The third-order valence-electron chi connectivity index (χ3n) is 3.42. The standard InChI is InChI=1S/C13H27NOS/c1-3-10-15-11-9-14-12-13(16-2)7-5-4-6-8-13/h14H,3-12H2,1-2H3. The third kappa shape index (κ3) is 5.07. The molecule has 1 fully saturated rings. The number of hydrogen-bond donors (Lipinski definition) is 1. The zero-order valence-corrected chi connectivity index (χ0v) is 11.7. The Hall–Kier alpha value is 0.270. The van der Waals surface area contributed by atoms with E-state index in [0.29, 0.717) is 4.75 Å². The molecule has 16 heavy (non-hydrogen) atoms. The van der Waals surface area contributed by atoms with Gasteiger partial charge in [-0.1, -0.05) is 26.2 Å². The van der Waals surface area contributed by atoms with E-state index in [2.05, 4.69) is 30.3 Å². The Labute approximate surface area is 105 Å². The summed E-state index contributed by atoms with van der Waals surface area (Å²) in [7, 11) is 0. The molecule has 1 aliphatic carbocycles. The van der Waals surface area contributed by atoms with Crippen molar-refractivity contribution in [3.63, 3.8) is 0 Å². The Bertz CT molecular complexity index is 169. The van der Waals surface area contributed by atoms with E-state index < -0.39 is 0 Å². The van der Waals surface area contributed by atoms with Crippen LogP contribution in [-0.4, -0.2) is 37.3 Å². The highest BCUT2D eigenvalue weighted by Crippen LogP contribution is 2.37. The maximum Gasteiger partial charge on any atom is 0.0590 e. The van der Waals surface area contributed by atoms with Crippen LogP contribution in [-0.2, 0) is 4.74 Å². The first-order chi connectivity index (χ1) is 7.83. The zero-order chi connectivity index (χ0) is 11.7. The molecule has 0 aliphatic heterocycles. The van der Waals surface area contributed by atoms with Gasteiger partial charge in [0, 0.05) is 24.4 Å². The highest BCUT2D eigenvalue weighted by atomic mass is 32.2. The number of hydrogen-bond acceptors (Lipinski definition) is 3. The Morgan fingerprint density at radius 2 is 1.94 bits per heavy atom. The molecule has 0 radical (unpaired) electrons. The van der Waals surface area contributed by atoms with Gasteiger partial charge >= 0.3 is 0 Å². The van der Waals surface area contributed by atoms with E-state index in [1.165, 1.54) is 32.1 Å². The van der Waals surface area contributed by atoms with Gasteiger partial charge in [0.25, 0.3) is 0 Å². The molecule has 0 aromatic heterocycles. The van der Waals surface area contributed by atoms with Gasteiger partial charge < -0.3 is 10.1 Å². The summed E-state index contributed by atoms with van der Waals surface area (Å²) < 4.78 is 5.99. The monoisotopic (exact) mass is 245 g/mol. The van der Waals surface area contributed by atoms with Crippen molar-refractivity contribution in [3.8, 4) is 0 Å². The molecule has 1 N–H and O–H groups in total. The van der Waals surface area contributed by atoms with E-state index in [1.54, 1.807) is 0 Å². The van der Waals surface area contributed by atoms with E-state index in [9.17, 15) is 0 Å².